The van der Waals surface area contributed by atoms with Crippen molar-refractivity contribution in [3.63, 3.8) is 0 Å². The van der Waals surface area contributed by atoms with Crippen LogP contribution in [-0.2, 0) is 0 Å². The Balaban J connectivity index is 1.27. The van der Waals surface area contributed by atoms with Crippen molar-refractivity contribution in [1.29, 1.82) is 0 Å². The third-order valence-electron chi connectivity index (χ3n) is 16.7. The van der Waals surface area contributed by atoms with Crippen molar-refractivity contribution >= 4 is 129 Å². The molecule has 0 N–H and O–H groups in total. The summed E-state index contributed by atoms with van der Waals surface area (Å²) in [5, 5.41) is 33.3. The highest BCUT2D eigenvalue weighted by Gasteiger charge is 2.32. The second-order valence-electron chi connectivity index (χ2n) is 20.1. The van der Waals surface area contributed by atoms with Crippen molar-refractivity contribution in [2.45, 2.75) is 41.5 Å². The molecule has 0 aliphatic carbocycles. The van der Waals surface area contributed by atoms with Crippen LogP contribution in [0.1, 0.15) is 33.4 Å². The van der Waals surface area contributed by atoms with Gasteiger partial charge in [-0.05, 0) is 274 Å². The molecule has 0 heterocycles. The van der Waals surface area contributed by atoms with E-state index in [1.165, 1.54) is 196 Å². The van der Waals surface area contributed by atoms with Crippen LogP contribution in [0.15, 0.2) is 146 Å². The third kappa shape index (κ3) is 3.95. The first kappa shape index (κ1) is 35.5. The third-order valence-corrected chi connectivity index (χ3v) is 16.7. The van der Waals surface area contributed by atoms with E-state index in [0.29, 0.717) is 0 Å². The lowest BCUT2D eigenvalue weighted by atomic mass is 9.72. The molecule has 306 valence electrons. The normalized spacial score (nSPS) is 13.0. The molecule has 0 saturated heterocycles. The predicted octanol–water partition coefficient (Wildman–Crippen LogP) is 19.0. The molecule has 0 radical (unpaired) electrons. The summed E-state index contributed by atoms with van der Waals surface area (Å²) in [6.07, 6.45) is 0. The molecule has 0 spiro atoms. The van der Waals surface area contributed by atoms with Gasteiger partial charge in [-0.25, -0.2) is 0 Å². The molecule has 0 aromatic heterocycles. The lowest BCUT2D eigenvalue weighted by Gasteiger charge is -2.30. The fraction of sp³-hybridized carbons (Fsp3) is 0.0909. The van der Waals surface area contributed by atoms with Gasteiger partial charge in [-0.15, -0.1) is 0 Å². The molecular formula is C66H42. The fourth-order valence-corrected chi connectivity index (χ4v) is 14.3. The largest absolute Gasteiger partial charge is 0.0617 e. The smallest absolute Gasteiger partial charge is 0.0000469 e. The highest BCUT2D eigenvalue weighted by Crippen LogP contribution is 2.61. The minimum atomic E-state index is 1.30. The van der Waals surface area contributed by atoms with Crippen molar-refractivity contribution < 1.29 is 0 Å². The van der Waals surface area contributed by atoms with Crippen molar-refractivity contribution in [3.05, 3.63) is 179 Å². The molecule has 0 atom stereocenters. The molecule has 0 aliphatic heterocycles. The van der Waals surface area contributed by atoms with Gasteiger partial charge in [0.2, 0.25) is 0 Å². The molecule has 66 heavy (non-hydrogen) atoms. The van der Waals surface area contributed by atoms with Crippen LogP contribution in [0.5, 0.6) is 0 Å². The van der Waals surface area contributed by atoms with Gasteiger partial charge in [0.25, 0.3) is 0 Å². The van der Waals surface area contributed by atoms with Crippen LogP contribution in [0, 0.1) is 41.5 Å². The first-order valence-electron chi connectivity index (χ1n) is 23.7. The Kier molecular flexibility index (Phi) is 6.31. The number of hydrogen-bond donors (Lipinski definition) is 0. The van der Waals surface area contributed by atoms with E-state index in [0.717, 1.165) is 0 Å². The van der Waals surface area contributed by atoms with Gasteiger partial charge >= 0.3 is 0 Å². The molecule has 16 rings (SSSR count). The number of benzene rings is 16. The van der Waals surface area contributed by atoms with Crippen molar-refractivity contribution in [2.75, 3.05) is 0 Å². The van der Waals surface area contributed by atoms with Crippen molar-refractivity contribution in [2.24, 2.45) is 0 Å². The average molecular weight is 835 g/mol. The van der Waals surface area contributed by atoms with E-state index in [1.54, 1.807) is 0 Å². The number of fused-ring (bicyclic) bond motifs is 6. The SMILES string of the molecule is Cc1cccc(C)c1-c1cc2c3cccc4c5cc(-c6c(C)cccc6C)cc6c7cccc8c9cc(-c%10c(C)cccc%10C)cc%10c%11cccc%12c(c1)c2c1c(c34)c(c56)c(c78)c(c%109)c1c%12%11. The Morgan fingerprint density at radius 2 is 0.348 bits per heavy atom. The summed E-state index contributed by atoms with van der Waals surface area (Å²) in [7, 11) is 0. The lowest BCUT2D eigenvalue weighted by Crippen LogP contribution is -2.01. The van der Waals surface area contributed by atoms with Gasteiger partial charge in [-0.2, -0.15) is 0 Å². The molecule has 0 fully saturated rings. The van der Waals surface area contributed by atoms with Gasteiger partial charge in [0.15, 0.2) is 0 Å². The summed E-state index contributed by atoms with van der Waals surface area (Å²) >= 11 is 0. The Bertz CT molecular complexity index is 4050. The van der Waals surface area contributed by atoms with Crippen LogP contribution in [0.25, 0.3) is 163 Å². The summed E-state index contributed by atoms with van der Waals surface area (Å²) in [6, 6.07) is 57.2. The Morgan fingerprint density at radius 3 is 0.545 bits per heavy atom. The fourth-order valence-electron chi connectivity index (χ4n) is 14.3. The highest BCUT2D eigenvalue weighted by atomic mass is 14.3. The van der Waals surface area contributed by atoms with E-state index in [-0.39, 0.29) is 0 Å². The van der Waals surface area contributed by atoms with Crippen LogP contribution in [-0.4, -0.2) is 0 Å². The summed E-state index contributed by atoms with van der Waals surface area (Å²) in [5.41, 5.74) is 15.8. The van der Waals surface area contributed by atoms with Crippen LogP contribution in [0.3, 0.4) is 0 Å². The molecule has 0 aliphatic rings. The molecule has 16 aromatic carbocycles. The first-order valence-corrected chi connectivity index (χ1v) is 23.7. The zero-order chi connectivity index (χ0) is 43.8. The second kappa shape index (κ2) is 11.7. The number of rotatable bonds is 3. The van der Waals surface area contributed by atoms with Gasteiger partial charge in [0, 0.05) is 0 Å². The molecule has 0 heteroatoms. The van der Waals surface area contributed by atoms with E-state index in [2.05, 4.69) is 187 Å². The van der Waals surface area contributed by atoms with Crippen molar-refractivity contribution in [3.8, 4) is 33.4 Å². The van der Waals surface area contributed by atoms with E-state index in [1.807, 2.05) is 0 Å². The van der Waals surface area contributed by atoms with Crippen LogP contribution in [0.2, 0.25) is 0 Å². The zero-order valence-corrected chi connectivity index (χ0v) is 37.9. The maximum absolute atomic E-state index is 2.56. The summed E-state index contributed by atoms with van der Waals surface area (Å²) < 4.78 is 0. The maximum Gasteiger partial charge on any atom is -0.0000469 e. The summed E-state index contributed by atoms with van der Waals surface area (Å²) in [5.74, 6) is 0. The molecule has 0 bridgehead atoms. The Morgan fingerprint density at radius 1 is 0.182 bits per heavy atom. The average Bonchev–Trinajstić information content (AvgIpc) is 3.32. The molecule has 16 aromatic rings. The van der Waals surface area contributed by atoms with E-state index in [9.17, 15) is 0 Å². The summed E-state index contributed by atoms with van der Waals surface area (Å²) in [4.78, 5) is 0. The number of aryl methyl sites for hydroxylation is 6. The Labute approximate surface area is 381 Å². The van der Waals surface area contributed by atoms with Gasteiger partial charge in [-0.1, -0.05) is 109 Å². The van der Waals surface area contributed by atoms with E-state index < -0.39 is 0 Å². The van der Waals surface area contributed by atoms with Crippen LogP contribution in [0.4, 0.5) is 0 Å². The second-order valence-corrected chi connectivity index (χ2v) is 20.1. The van der Waals surface area contributed by atoms with Gasteiger partial charge < -0.3 is 0 Å². The zero-order valence-electron chi connectivity index (χ0n) is 37.9. The van der Waals surface area contributed by atoms with Gasteiger partial charge in [-0.3, -0.25) is 0 Å². The topological polar surface area (TPSA) is 0 Å². The highest BCUT2D eigenvalue weighted by molar-refractivity contribution is 6.61. The number of hydrogen-bond acceptors (Lipinski definition) is 0. The molecular weight excluding hydrogens is 793 g/mol. The van der Waals surface area contributed by atoms with E-state index >= 15 is 0 Å². The monoisotopic (exact) mass is 834 g/mol. The van der Waals surface area contributed by atoms with Crippen LogP contribution >= 0.6 is 0 Å². The molecule has 0 nitrogen and oxygen atoms in total. The first-order chi connectivity index (χ1) is 32.3. The van der Waals surface area contributed by atoms with E-state index in [4.69, 9.17) is 0 Å². The van der Waals surface area contributed by atoms with Crippen molar-refractivity contribution in [1.82, 2.24) is 0 Å². The minimum Gasteiger partial charge on any atom is -0.0617 e. The molecule has 0 unspecified atom stereocenters. The van der Waals surface area contributed by atoms with Crippen LogP contribution < -0.4 is 0 Å². The maximum atomic E-state index is 2.56. The lowest BCUT2D eigenvalue weighted by molar-refractivity contribution is 1.38. The minimum absolute atomic E-state index is 1.30. The Hall–Kier alpha value is -7.80. The quantitative estimate of drug-likeness (QED) is 0.123. The van der Waals surface area contributed by atoms with Gasteiger partial charge in [0.1, 0.15) is 0 Å². The standard InChI is InChI=1S/C66H42/c1-31-13-7-14-32(2)52(31)37-25-46-40-19-10-21-42-48-27-38(53-33(3)15-8-16-34(53)4)29-50-44-23-12-24-45-51-30-39(54-35(5)17-9-18-36(54)6)28-49-43-22-11-20-41-47(26-37)58(46)64-61(55(40)42)65(59(48)50)63(57(44)45)66(60(49)51)62(64)56(41)43/h7-30H,1-6H3. The van der Waals surface area contributed by atoms with Gasteiger partial charge in [0.05, 0.1) is 0 Å². The summed E-state index contributed by atoms with van der Waals surface area (Å²) in [6.45, 7) is 13.7. The predicted molar refractivity (Wildman–Crippen MR) is 288 cm³/mol. The molecule has 0 saturated carbocycles. The molecule has 0 amide bonds.